The fourth-order valence-corrected chi connectivity index (χ4v) is 1.69. The van der Waals surface area contributed by atoms with E-state index in [-0.39, 0.29) is 6.04 Å². The van der Waals surface area contributed by atoms with Crippen molar-refractivity contribution in [3.05, 3.63) is 5.82 Å². The maximum absolute atomic E-state index is 5.00. The van der Waals surface area contributed by atoms with Gasteiger partial charge in [0.25, 0.3) is 0 Å². The number of hydrogen-bond donors (Lipinski definition) is 1. The second-order valence-corrected chi connectivity index (χ2v) is 3.70. The smallest absolute Gasteiger partial charge is 0.202 e. The Morgan fingerprint density at radius 3 is 2.86 bits per heavy atom. The molecule has 0 aliphatic heterocycles. The van der Waals surface area contributed by atoms with Gasteiger partial charge in [0.1, 0.15) is 6.61 Å². The van der Waals surface area contributed by atoms with Gasteiger partial charge in [0, 0.05) is 31.8 Å². The van der Waals surface area contributed by atoms with Crippen molar-refractivity contribution in [3.8, 4) is 0 Å². The number of aromatic nitrogens is 2. The lowest BCUT2D eigenvalue weighted by Crippen LogP contribution is -2.20. The van der Waals surface area contributed by atoms with Crippen LogP contribution in [-0.2, 0) is 16.1 Å². The fraction of sp³-hybridized carbons (Fsp3) is 0.750. The molecule has 1 rings (SSSR count). The summed E-state index contributed by atoms with van der Waals surface area (Å²) in [6.07, 6.45) is 0. The van der Waals surface area contributed by atoms with Gasteiger partial charge in [-0.1, -0.05) is 0 Å². The van der Waals surface area contributed by atoms with Gasteiger partial charge >= 0.3 is 0 Å². The first kappa shape index (κ1) is 11.4. The second-order valence-electron chi connectivity index (χ2n) is 2.95. The summed E-state index contributed by atoms with van der Waals surface area (Å²) in [4.78, 5) is 4.24. The lowest BCUT2D eigenvalue weighted by atomic mass is 10.4. The normalized spacial score (nSPS) is 12.8. The molecule has 0 saturated carbocycles. The molecule has 1 aromatic rings. The Hall–Kier alpha value is -0.720. The Morgan fingerprint density at radius 2 is 2.21 bits per heavy atom. The van der Waals surface area contributed by atoms with Gasteiger partial charge in [-0.15, -0.1) is 0 Å². The third-order valence-electron chi connectivity index (χ3n) is 1.53. The van der Waals surface area contributed by atoms with Crippen LogP contribution >= 0.6 is 11.5 Å². The first-order valence-electron chi connectivity index (χ1n) is 4.33. The third-order valence-corrected chi connectivity index (χ3v) is 2.21. The van der Waals surface area contributed by atoms with Crippen molar-refractivity contribution in [2.24, 2.45) is 0 Å². The Kier molecular flexibility index (Phi) is 4.78. The van der Waals surface area contributed by atoms with Crippen molar-refractivity contribution in [1.82, 2.24) is 9.36 Å². The van der Waals surface area contributed by atoms with Crippen LogP contribution in [0.1, 0.15) is 12.7 Å². The quantitative estimate of drug-likeness (QED) is 0.774. The largest absolute Gasteiger partial charge is 0.383 e. The van der Waals surface area contributed by atoms with Gasteiger partial charge in [-0.05, 0) is 6.92 Å². The van der Waals surface area contributed by atoms with E-state index < -0.39 is 0 Å². The van der Waals surface area contributed by atoms with Crippen LogP contribution in [0.4, 0.5) is 5.13 Å². The molecule has 1 heterocycles. The number of nitrogens with one attached hydrogen (secondary N) is 1. The van der Waals surface area contributed by atoms with Crippen LogP contribution in [0, 0.1) is 0 Å². The summed E-state index contributed by atoms with van der Waals surface area (Å²) in [7, 11) is 3.30. The highest BCUT2D eigenvalue weighted by Crippen LogP contribution is 2.12. The van der Waals surface area contributed by atoms with Crippen LogP contribution in [0.2, 0.25) is 0 Å². The minimum Gasteiger partial charge on any atom is -0.383 e. The molecule has 0 aromatic carbocycles. The van der Waals surface area contributed by atoms with E-state index in [1.807, 2.05) is 6.92 Å². The Bertz CT molecular complexity index is 267. The molecule has 0 spiro atoms. The molecule has 0 fully saturated rings. The molecule has 0 radical (unpaired) electrons. The molecule has 1 aromatic heterocycles. The first-order chi connectivity index (χ1) is 6.76. The molecule has 80 valence electrons. The highest BCUT2D eigenvalue weighted by Gasteiger charge is 2.06. The molecule has 6 heteroatoms. The molecule has 0 saturated heterocycles. The second kappa shape index (κ2) is 5.90. The molecular weight excluding hydrogens is 202 g/mol. The van der Waals surface area contributed by atoms with E-state index in [1.165, 1.54) is 11.5 Å². The van der Waals surface area contributed by atoms with Crippen molar-refractivity contribution in [2.75, 3.05) is 26.1 Å². The minimum absolute atomic E-state index is 0.239. The van der Waals surface area contributed by atoms with Gasteiger partial charge in [0.05, 0.1) is 6.61 Å². The Morgan fingerprint density at radius 1 is 1.43 bits per heavy atom. The fourth-order valence-electron chi connectivity index (χ4n) is 1.00. The molecule has 1 N–H and O–H groups in total. The van der Waals surface area contributed by atoms with Gasteiger partial charge < -0.3 is 14.8 Å². The summed E-state index contributed by atoms with van der Waals surface area (Å²) in [5, 5.41) is 3.99. The van der Waals surface area contributed by atoms with Crippen LogP contribution in [-0.4, -0.2) is 36.2 Å². The zero-order valence-corrected chi connectivity index (χ0v) is 9.43. The Balaban J connectivity index is 2.42. The number of hydrogen-bond acceptors (Lipinski definition) is 6. The summed E-state index contributed by atoms with van der Waals surface area (Å²) in [5.74, 6) is 0.713. The van der Waals surface area contributed by atoms with E-state index in [0.29, 0.717) is 19.0 Å². The van der Waals surface area contributed by atoms with Crippen LogP contribution < -0.4 is 5.32 Å². The van der Waals surface area contributed by atoms with Crippen molar-refractivity contribution < 1.29 is 9.47 Å². The SMILES string of the molecule is COCc1nsc(NC(C)COC)n1. The molecule has 0 aliphatic carbocycles. The van der Waals surface area contributed by atoms with E-state index >= 15 is 0 Å². The maximum atomic E-state index is 5.00. The number of rotatable bonds is 6. The van der Waals surface area contributed by atoms with Gasteiger partial charge in [0.15, 0.2) is 5.82 Å². The zero-order valence-electron chi connectivity index (χ0n) is 8.61. The van der Waals surface area contributed by atoms with E-state index in [1.54, 1.807) is 14.2 Å². The summed E-state index contributed by atoms with van der Waals surface area (Å²) in [6, 6.07) is 0.239. The van der Waals surface area contributed by atoms with Crippen molar-refractivity contribution in [1.29, 1.82) is 0 Å². The molecule has 0 amide bonds. The van der Waals surface area contributed by atoms with Crippen LogP contribution in [0.3, 0.4) is 0 Å². The number of anilines is 1. The van der Waals surface area contributed by atoms with Gasteiger partial charge in [0.2, 0.25) is 5.13 Å². The summed E-state index contributed by atoms with van der Waals surface area (Å²) >= 11 is 1.34. The molecular formula is C8H15N3O2S. The van der Waals surface area contributed by atoms with E-state index in [2.05, 4.69) is 14.7 Å². The average molecular weight is 217 g/mol. The first-order valence-corrected chi connectivity index (χ1v) is 5.10. The number of methoxy groups -OCH3 is 2. The van der Waals surface area contributed by atoms with Crippen molar-refractivity contribution >= 4 is 16.7 Å². The molecule has 14 heavy (non-hydrogen) atoms. The highest BCUT2D eigenvalue weighted by atomic mass is 32.1. The van der Waals surface area contributed by atoms with E-state index in [4.69, 9.17) is 9.47 Å². The minimum atomic E-state index is 0.239. The molecule has 5 nitrogen and oxygen atoms in total. The lowest BCUT2D eigenvalue weighted by molar-refractivity contribution is 0.179. The van der Waals surface area contributed by atoms with E-state index in [0.717, 1.165) is 5.13 Å². The predicted octanol–water partition coefficient (Wildman–Crippen LogP) is 1.13. The van der Waals surface area contributed by atoms with Crippen LogP contribution in [0.15, 0.2) is 0 Å². The number of ether oxygens (including phenoxy) is 2. The highest BCUT2D eigenvalue weighted by molar-refractivity contribution is 7.09. The Labute approximate surface area is 87.6 Å². The zero-order chi connectivity index (χ0) is 10.4. The summed E-state index contributed by atoms with van der Waals surface area (Å²) in [5.41, 5.74) is 0. The van der Waals surface area contributed by atoms with Crippen LogP contribution in [0.5, 0.6) is 0 Å². The van der Waals surface area contributed by atoms with Crippen molar-refractivity contribution in [3.63, 3.8) is 0 Å². The number of nitrogens with zero attached hydrogens (tertiary/aromatic N) is 2. The molecule has 0 aliphatic rings. The van der Waals surface area contributed by atoms with Crippen LogP contribution in [0.25, 0.3) is 0 Å². The van der Waals surface area contributed by atoms with Gasteiger partial charge in [-0.3, -0.25) is 0 Å². The molecule has 1 unspecified atom stereocenters. The topological polar surface area (TPSA) is 56.3 Å². The van der Waals surface area contributed by atoms with Gasteiger partial charge in [-0.2, -0.15) is 4.37 Å². The molecule has 0 bridgehead atoms. The predicted molar refractivity (Wildman–Crippen MR) is 55.6 cm³/mol. The summed E-state index contributed by atoms with van der Waals surface area (Å²) < 4.78 is 14.0. The monoisotopic (exact) mass is 217 g/mol. The third kappa shape index (κ3) is 3.57. The lowest BCUT2D eigenvalue weighted by Gasteiger charge is -2.10. The van der Waals surface area contributed by atoms with Crippen molar-refractivity contribution in [2.45, 2.75) is 19.6 Å². The molecule has 1 atom stereocenters. The summed E-state index contributed by atoms with van der Waals surface area (Å²) in [6.45, 7) is 3.14. The maximum Gasteiger partial charge on any atom is 0.202 e. The van der Waals surface area contributed by atoms with Gasteiger partial charge in [-0.25, -0.2) is 4.98 Å². The van der Waals surface area contributed by atoms with E-state index in [9.17, 15) is 0 Å². The standard InChI is InChI=1S/C8H15N3O2S/c1-6(4-12-2)9-8-10-7(5-13-3)11-14-8/h6H,4-5H2,1-3H3,(H,9,10,11). The average Bonchev–Trinajstić information content (AvgIpc) is 2.53.